The van der Waals surface area contributed by atoms with Crippen LogP contribution in [0.2, 0.25) is 5.02 Å². The van der Waals surface area contributed by atoms with Crippen molar-refractivity contribution in [2.24, 2.45) is 0 Å². The van der Waals surface area contributed by atoms with Crippen LogP contribution in [-0.4, -0.2) is 35.7 Å². The average Bonchev–Trinajstić information content (AvgIpc) is 3.48. The van der Waals surface area contributed by atoms with Crippen molar-refractivity contribution in [3.05, 3.63) is 82.1 Å². The molecule has 2 aromatic carbocycles. The van der Waals surface area contributed by atoms with Gasteiger partial charge in [-0.1, -0.05) is 35.9 Å². The Morgan fingerprint density at radius 3 is 2.76 bits per heavy atom. The van der Waals surface area contributed by atoms with Gasteiger partial charge in [-0.05, 0) is 37.1 Å². The summed E-state index contributed by atoms with van der Waals surface area (Å²) in [6.45, 7) is 0.724. The number of anilines is 2. The summed E-state index contributed by atoms with van der Waals surface area (Å²) in [4.78, 5) is 29.8. The molecule has 1 atom stereocenters. The van der Waals surface area contributed by atoms with E-state index < -0.39 is 0 Å². The zero-order chi connectivity index (χ0) is 22.5. The third-order valence-corrected chi connectivity index (χ3v) is 6.28. The standard InChI is InChI=1S/C23H19ClN8O/c24-15-8-4-9-16-18(15)22(33)32(14-6-2-1-3-7-14)19(27-16)17-10-5-12-30(17)21-20-26-11-13-31(20)29-23(25)28-21/h1-4,6-9,11,13,17H,5,10,12H2,(H2,25,29). The molecule has 4 heterocycles. The predicted molar refractivity (Wildman–Crippen MR) is 127 cm³/mol. The van der Waals surface area contributed by atoms with Crippen molar-refractivity contribution in [1.29, 1.82) is 0 Å². The molecule has 0 radical (unpaired) electrons. The molecule has 6 rings (SSSR count). The lowest BCUT2D eigenvalue weighted by molar-refractivity contribution is 0.632. The lowest BCUT2D eigenvalue weighted by atomic mass is 10.1. The van der Waals surface area contributed by atoms with Gasteiger partial charge in [0, 0.05) is 18.9 Å². The molecule has 0 aliphatic carbocycles. The predicted octanol–water partition coefficient (Wildman–Crippen LogP) is 3.40. The third-order valence-electron chi connectivity index (χ3n) is 5.96. The van der Waals surface area contributed by atoms with Gasteiger partial charge in [-0.15, -0.1) is 5.10 Å². The summed E-state index contributed by atoms with van der Waals surface area (Å²) in [7, 11) is 0. The highest BCUT2D eigenvalue weighted by Gasteiger charge is 2.34. The van der Waals surface area contributed by atoms with Crippen LogP contribution < -0.4 is 16.2 Å². The van der Waals surface area contributed by atoms with Crippen molar-refractivity contribution in [3.63, 3.8) is 0 Å². The zero-order valence-electron chi connectivity index (χ0n) is 17.5. The minimum atomic E-state index is -0.212. The molecule has 5 aromatic rings. The fourth-order valence-corrected chi connectivity index (χ4v) is 4.82. The Kier molecular flexibility index (Phi) is 4.51. The number of nitrogens with zero attached hydrogens (tertiary/aromatic N) is 7. The molecule has 9 nitrogen and oxygen atoms in total. The second kappa shape index (κ2) is 7.56. The summed E-state index contributed by atoms with van der Waals surface area (Å²) in [6.07, 6.45) is 5.09. The van der Waals surface area contributed by atoms with Crippen molar-refractivity contribution in [2.75, 3.05) is 17.2 Å². The number of nitrogen functional groups attached to an aromatic ring is 1. The van der Waals surface area contributed by atoms with E-state index in [0.717, 1.165) is 25.1 Å². The van der Waals surface area contributed by atoms with Gasteiger partial charge in [-0.2, -0.15) is 4.98 Å². The molecular formula is C23H19ClN8O. The van der Waals surface area contributed by atoms with Crippen LogP contribution in [-0.2, 0) is 0 Å². The van der Waals surface area contributed by atoms with Gasteiger partial charge in [0.2, 0.25) is 5.95 Å². The lowest BCUT2D eigenvalue weighted by Crippen LogP contribution is -2.32. The molecular weight excluding hydrogens is 440 g/mol. The molecule has 10 heteroatoms. The van der Waals surface area contributed by atoms with Gasteiger partial charge in [-0.25, -0.2) is 14.5 Å². The SMILES string of the molecule is Nc1nc(N2CCCC2c2nc3cccc(Cl)c3c(=O)n2-c2ccccc2)c2nccn2n1. The Bertz CT molecular complexity index is 1560. The molecule has 0 spiro atoms. The van der Waals surface area contributed by atoms with Crippen LogP contribution in [0, 0.1) is 0 Å². The van der Waals surface area contributed by atoms with E-state index >= 15 is 0 Å². The van der Waals surface area contributed by atoms with E-state index in [0.29, 0.717) is 33.2 Å². The summed E-state index contributed by atoms with van der Waals surface area (Å²) in [5, 5.41) is 4.99. The van der Waals surface area contributed by atoms with Crippen LogP contribution in [0.15, 0.2) is 65.7 Å². The van der Waals surface area contributed by atoms with E-state index in [-0.39, 0.29) is 17.5 Å². The summed E-state index contributed by atoms with van der Waals surface area (Å²) >= 11 is 6.42. The first-order valence-electron chi connectivity index (χ1n) is 10.6. The molecule has 0 bridgehead atoms. The molecule has 1 aliphatic heterocycles. The minimum absolute atomic E-state index is 0.153. The van der Waals surface area contributed by atoms with Crippen molar-refractivity contribution in [2.45, 2.75) is 18.9 Å². The van der Waals surface area contributed by atoms with Gasteiger partial charge in [-0.3, -0.25) is 9.36 Å². The number of rotatable bonds is 3. The van der Waals surface area contributed by atoms with Gasteiger partial charge in [0.05, 0.1) is 27.7 Å². The fourth-order valence-electron chi connectivity index (χ4n) is 4.57. The van der Waals surface area contributed by atoms with Gasteiger partial charge in [0.15, 0.2) is 11.5 Å². The number of aromatic nitrogens is 6. The van der Waals surface area contributed by atoms with Gasteiger partial charge < -0.3 is 10.6 Å². The highest BCUT2D eigenvalue weighted by atomic mass is 35.5. The van der Waals surface area contributed by atoms with E-state index in [1.807, 2.05) is 36.4 Å². The second-order valence-electron chi connectivity index (χ2n) is 7.92. The van der Waals surface area contributed by atoms with Crippen molar-refractivity contribution in [3.8, 4) is 5.69 Å². The Hall–Kier alpha value is -3.98. The maximum absolute atomic E-state index is 13.8. The first-order chi connectivity index (χ1) is 16.1. The Balaban J connectivity index is 1.62. The van der Waals surface area contributed by atoms with Crippen molar-refractivity contribution >= 4 is 39.9 Å². The number of para-hydroxylation sites is 1. The highest BCUT2D eigenvalue weighted by molar-refractivity contribution is 6.35. The number of hydrogen-bond acceptors (Lipinski definition) is 7. The fraction of sp³-hybridized carbons (Fsp3) is 0.174. The summed E-state index contributed by atoms with van der Waals surface area (Å²) in [6, 6.07) is 14.6. The van der Waals surface area contributed by atoms with Crippen LogP contribution in [0.4, 0.5) is 11.8 Å². The highest BCUT2D eigenvalue weighted by Crippen LogP contribution is 2.37. The van der Waals surface area contributed by atoms with E-state index in [1.165, 1.54) is 0 Å². The van der Waals surface area contributed by atoms with E-state index in [1.54, 1.807) is 33.6 Å². The Morgan fingerprint density at radius 1 is 1.06 bits per heavy atom. The summed E-state index contributed by atoms with van der Waals surface area (Å²) < 4.78 is 3.27. The lowest BCUT2D eigenvalue weighted by Gasteiger charge is -2.27. The van der Waals surface area contributed by atoms with Crippen LogP contribution in [0.25, 0.3) is 22.2 Å². The van der Waals surface area contributed by atoms with Crippen molar-refractivity contribution < 1.29 is 0 Å². The molecule has 1 fully saturated rings. The Labute approximate surface area is 193 Å². The molecule has 0 saturated carbocycles. The van der Waals surface area contributed by atoms with Crippen LogP contribution in [0.1, 0.15) is 24.7 Å². The second-order valence-corrected chi connectivity index (χ2v) is 8.33. The van der Waals surface area contributed by atoms with Crippen LogP contribution in [0.5, 0.6) is 0 Å². The van der Waals surface area contributed by atoms with Crippen LogP contribution >= 0.6 is 11.6 Å². The number of imidazole rings is 1. The molecule has 3 aromatic heterocycles. The van der Waals surface area contributed by atoms with E-state index in [4.69, 9.17) is 22.3 Å². The number of fused-ring (bicyclic) bond motifs is 2. The summed E-state index contributed by atoms with van der Waals surface area (Å²) in [5.41, 5.74) is 7.68. The zero-order valence-corrected chi connectivity index (χ0v) is 18.2. The third kappa shape index (κ3) is 3.12. The van der Waals surface area contributed by atoms with Gasteiger partial charge in [0.1, 0.15) is 5.82 Å². The molecule has 1 unspecified atom stereocenters. The molecule has 33 heavy (non-hydrogen) atoms. The average molecular weight is 459 g/mol. The number of halogens is 1. The molecule has 0 amide bonds. The first kappa shape index (κ1) is 19.7. The summed E-state index contributed by atoms with van der Waals surface area (Å²) in [5.74, 6) is 1.40. The largest absolute Gasteiger partial charge is 0.366 e. The smallest absolute Gasteiger partial charge is 0.267 e. The quantitative estimate of drug-likeness (QED) is 0.441. The van der Waals surface area contributed by atoms with Crippen molar-refractivity contribution in [1.82, 2.24) is 29.1 Å². The Morgan fingerprint density at radius 2 is 1.91 bits per heavy atom. The van der Waals surface area contributed by atoms with Crippen LogP contribution in [0.3, 0.4) is 0 Å². The normalized spacial score (nSPS) is 16.2. The molecule has 1 saturated heterocycles. The molecule has 2 N–H and O–H groups in total. The molecule has 1 aliphatic rings. The van der Waals surface area contributed by atoms with Gasteiger partial charge in [0.25, 0.3) is 5.56 Å². The monoisotopic (exact) mass is 458 g/mol. The number of benzene rings is 2. The number of hydrogen-bond donors (Lipinski definition) is 1. The molecule has 164 valence electrons. The maximum Gasteiger partial charge on any atom is 0.267 e. The van der Waals surface area contributed by atoms with E-state index in [9.17, 15) is 4.79 Å². The van der Waals surface area contributed by atoms with E-state index in [2.05, 4.69) is 20.0 Å². The maximum atomic E-state index is 13.8. The minimum Gasteiger partial charge on any atom is -0.366 e. The van der Waals surface area contributed by atoms with Gasteiger partial charge >= 0.3 is 0 Å². The number of nitrogens with two attached hydrogens (primary N) is 1. The first-order valence-corrected chi connectivity index (χ1v) is 11.0. The topological polar surface area (TPSA) is 107 Å².